The van der Waals surface area contributed by atoms with Gasteiger partial charge in [0.25, 0.3) is 0 Å². The number of ether oxygens (including phenoxy) is 1. The SMILES string of the molecule is COc1cc2nc(C)nc(N[C@H](C)c3cc(N)cc(C)c3F)c2cc1C1=CCSCC1. The van der Waals surface area contributed by atoms with Crippen LogP contribution in [0, 0.1) is 19.7 Å². The second-order valence-corrected chi connectivity index (χ2v) is 9.00. The molecule has 7 heteroatoms. The zero-order valence-electron chi connectivity index (χ0n) is 18.3. The lowest BCUT2D eigenvalue weighted by Gasteiger charge is -2.20. The minimum absolute atomic E-state index is 0.253. The molecule has 1 aromatic heterocycles. The third-order valence-electron chi connectivity index (χ3n) is 5.56. The van der Waals surface area contributed by atoms with Gasteiger partial charge in [-0.2, -0.15) is 11.8 Å². The molecule has 1 aliphatic rings. The summed E-state index contributed by atoms with van der Waals surface area (Å²) in [4.78, 5) is 9.25. The predicted molar refractivity (Wildman–Crippen MR) is 128 cm³/mol. The van der Waals surface area contributed by atoms with Gasteiger partial charge in [-0.15, -0.1) is 0 Å². The molecule has 5 nitrogen and oxygen atoms in total. The Bertz CT molecular complexity index is 1180. The van der Waals surface area contributed by atoms with Crippen LogP contribution in [-0.4, -0.2) is 28.6 Å². The van der Waals surface area contributed by atoms with Crippen LogP contribution in [0.15, 0.2) is 30.3 Å². The standard InChI is InChI=1S/C24H27FN4OS/c1-13-9-17(26)10-18(23(13)25)14(2)27-24-20-11-19(16-5-7-31-8-6-16)22(30-4)12-21(20)28-15(3)29-24/h5,9-12,14H,6-8,26H2,1-4H3,(H,27,28,29)/t14-/m1/s1. The van der Waals surface area contributed by atoms with E-state index in [0.29, 0.717) is 28.5 Å². The number of aromatic nitrogens is 2. The van der Waals surface area contributed by atoms with Gasteiger partial charge in [-0.3, -0.25) is 0 Å². The highest BCUT2D eigenvalue weighted by Gasteiger charge is 2.19. The van der Waals surface area contributed by atoms with E-state index in [4.69, 9.17) is 10.5 Å². The van der Waals surface area contributed by atoms with E-state index in [9.17, 15) is 4.39 Å². The minimum Gasteiger partial charge on any atom is -0.496 e. The van der Waals surface area contributed by atoms with Gasteiger partial charge in [0.15, 0.2) is 0 Å². The Hall–Kier alpha value is -2.80. The topological polar surface area (TPSA) is 73.1 Å². The summed E-state index contributed by atoms with van der Waals surface area (Å²) in [6.45, 7) is 5.48. The maximum Gasteiger partial charge on any atom is 0.138 e. The van der Waals surface area contributed by atoms with Crippen molar-refractivity contribution in [1.82, 2.24) is 9.97 Å². The van der Waals surface area contributed by atoms with E-state index in [1.165, 1.54) is 5.57 Å². The van der Waals surface area contributed by atoms with Crippen LogP contribution < -0.4 is 15.8 Å². The molecule has 4 rings (SSSR count). The van der Waals surface area contributed by atoms with Crippen LogP contribution in [0.4, 0.5) is 15.9 Å². The fraction of sp³-hybridized carbons (Fsp3) is 0.333. The lowest BCUT2D eigenvalue weighted by molar-refractivity contribution is 0.414. The largest absolute Gasteiger partial charge is 0.496 e. The van der Waals surface area contributed by atoms with Gasteiger partial charge in [0, 0.05) is 34.0 Å². The number of thioether (sulfide) groups is 1. The molecule has 1 atom stereocenters. The average molecular weight is 439 g/mol. The van der Waals surface area contributed by atoms with Crippen molar-refractivity contribution in [2.24, 2.45) is 0 Å². The third-order valence-corrected chi connectivity index (χ3v) is 6.46. The smallest absolute Gasteiger partial charge is 0.138 e. The molecule has 0 saturated carbocycles. The molecular weight excluding hydrogens is 411 g/mol. The van der Waals surface area contributed by atoms with Crippen LogP contribution in [0.2, 0.25) is 0 Å². The Balaban J connectivity index is 1.81. The average Bonchev–Trinajstić information content (AvgIpc) is 2.75. The predicted octanol–water partition coefficient (Wildman–Crippen LogP) is 5.67. The molecule has 1 aliphatic heterocycles. The lowest BCUT2D eigenvalue weighted by Crippen LogP contribution is -2.12. The van der Waals surface area contributed by atoms with E-state index in [1.54, 1.807) is 26.2 Å². The summed E-state index contributed by atoms with van der Waals surface area (Å²) in [5.74, 6) is 3.94. The third kappa shape index (κ3) is 4.32. The first-order valence-electron chi connectivity index (χ1n) is 10.3. The van der Waals surface area contributed by atoms with Crippen molar-refractivity contribution in [2.75, 3.05) is 29.7 Å². The molecule has 2 heterocycles. The first-order chi connectivity index (χ1) is 14.9. The van der Waals surface area contributed by atoms with Crippen LogP contribution >= 0.6 is 11.8 Å². The van der Waals surface area contributed by atoms with E-state index in [1.807, 2.05) is 31.7 Å². The van der Waals surface area contributed by atoms with Crippen molar-refractivity contribution in [2.45, 2.75) is 33.2 Å². The summed E-state index contributed by atoms with van der Waals surface area (Å²) < 4.78 is 20.5. The number of hydrogen-bond donors (Lipinski definition) is 2. The monoisotopic (exact) mass is 438 g/mol. The van der Waals surface area contributed by atoms with Crippen molar-refractivity contribution in [3.63, 3.8) is 0 Å². The number of nitrogens with one attached hydrogen (secondary N) is 1. The molecule has 3 aromatic rings. The number of hydrogen-bond acceptors (Lipinski definition) is 6. The molecule has 3 N–H and O–H groups in total. The number of benzene rings is 2. The lowest BCUT2D eigenvalue weighted by atomic mass is 9.99. The summed E-state index contributed by atoms with van der Waals surface area (Å²) >= 11 is 1.93. The Labute approximate surface area is 186 Å². The molecule has 0 fully saturated rings. The Morgan fingerprint density at radius 2 is 2.00 bits per heavy atom. The Kier molecular flexibility index (Phi) is 6.05. The summed E-state index contributed by atoms with van der Waals surface area (Å²) in [6, 6.07) is 7.05. The van der Waals surface area contributed by atoms with Gasteiger partial charge in [-0.05, 0) is 62.3 Å². The Morgan fingerprint density at radius 1 is 1.19 bits per heavy atom. The Morgan fingerprint density at radius 3 is 2.71 bits per heavy atom. The van der Waals surface area contributed by atoms with Crippen molar-refractivity contribution in [3.05, 3.63) is 58.7 Å². The quantitative estimate of drug-likeness (QED) is 0.500. The summed E-state index contributed by atoms with van der Waals surface area (Å²) in [6.07, 6.45) is 3.25. The van der Waals surface area contributed by atoms with Crippen LogP contribution in [0.1, 0.15) is 41.9 Å². The van der Waals surface area contributed by atoms with Crippen LogP contribution in [0.25, 0.3) is 16.5 Å². The van der Waals surface area contributed by atoms with Crippen LogP contribution in [0.5, 0.6) is 5.75 Å². The summed E-state index contributed by atoms with van der Waals surface area (Å²) in [5.41, 5.74) is 10.7. The zero-order valence-corrected chi connectivity index (χ0v) is 19.1. The van der Waals surface area contributed by atoms with Gasteiger partial charge in [0.05, 0.1) is 18.7 Å². The highest BCUT2D eigenvalue weighted by Crippen LogP contribution is 2.37. The fourth-order valence-corrected chi connectivity index (χ4v) is 4.85. The molecule has 0 bridgehead atoms. The molecule has 0 spiro atoms. The van der Waals surface area contributed by atoms with Gasteiger partial charge >= 0.3 is 0 Å². The highest BCUT2D eigenvalue weighted by atomic mass is 32.2. The number of nitrogens with zero attached hydrogens (tertiary/aromatic N) is 2. The van der Waals surface area contributed by atoms with E-state index in [2.05, 4.69) is 27.4 Å². The maximum atomic E-state index is 14.8. The van der Waals surface area contributed by atoms with E-state index < -0.39 is 0 Å². The highest BCUT2D eigenvalue weighted by molar-refractivity contribution is 7.99. The minimum atomic E-state index is -0.324. The maximum absolute atomic E-state index is 14.8. The normalized spacial score (nSPS) is 14.9. The van der Waals surface area contributed by atoms with Crippen molar-refractivity contribution < 1.29 is 9.13 Å². The molecule has 0 saturated heterocycles. The molecular formula is C24H27FN4OS. The second kappa shape index (κ2) is 8.75. The number of halogens is 1. The number of anilines is 2. The van der Waals surface area contributed by atoms with Gasteiger partial charge in [0.1, 0.15) is 23.2 Å². The molecule has 2 aromatic carbocycles. The van der Waals surface area contributed by atoms with Gasteiger partial charge < -0.3 is 15.8 Å². The van der Waals surface area contributed by atoms with Crippen LogP contribution in [-0.2, 0) is 0 Å². The number of aryl methyl sites for hydroxylation is 2. The van der Waals surface area contributed by atoms with Crippen LogP contribution in [0.3, 0.4) is 0 Å². The van der Waals surface area contributed by atoms with Gasteiger partial charge in [-0.1, -0.05) is 6.08 Å². The van der Waals surface area contributed by atoms with E-state index in [-0.39, 0.29) is 11.9 Å². The molecule has 0 unspecified atom stereocenters. The number of allylic oxidation sites excluding steroid dienone is 1. The second-order valence-electron chi connectivity index (χ2n) is 7.85. The van der Waals surface area contributed by atoms with Crippen molar-refractivity contribution in [1.29, 1.82) is 0 Å². The summed E-state index contributed by atoms with van der Waals surface area (Å²) in [5, 5.41) is 4.28. The molecule has 31 heavy (non-hydrogen) atoms. The number of methoxy groups -OCH3 is 1. The van der Waals surface area contributed by atoms with Crippen molar-refractivity contribution >= 4 is 39.7 Å². The zero-order chi connectivity index (χ0) is 22.1. The van der Waals surface area contributed by atoms with Gasteiger partial charge in [0.2, 0.25) is 0 Å². The van der Waals surface area contributed by atoms with E-state index in [0.717, 1.165) is 40.1 Å². The first-order valence-corrected chi connectivity index (χ1v) is 11.5. The van der Waals surface area contributed by atoms with E-state index >= 15 is 0 Å². The number of fused-ring (bicyclic) bond motifs is 1. The van der Waals surface area contributed by atoms with Gasteiger partial charge in [-0.25, -0.2) is 14.4 Å². The molecule has 0 radical (unpaired) electrons. The number of nitrogen functional groups attached to an aromatic ring is 1. The summed E-state index contributed by atoms with van der Waals surface area (Å²) in [7, 11) is 1.68. The molecule has 0 amide bonds. The first kappa shape index (κ1) is 21.4. The van der Waals surface area contributed by atoms with Crippen molar-refractivity contribution in [3.8, 4) is 5.75 Å². The fourth-order valence-electron chi connectivity index (χ4n) is 4.00. The molecule has 162 valence electrons. The number of nitrogens with two attached hydrogens (primary N) is 1. The molecule has 0 aliphatic carbocycles. The number of rotatable bonds is 5.